The second kappa shape index (κ2) is 15.0. The average Bonchev–Trinajstić information content (AvgIpc) is 2.85. The van der Waals surface area contributed by atoms with Gasteiger partial charge in [-0.05, 0) is 19.4 Å². The quantitative estimate of drug-likeness (QED) is 0.467. The predicted octanol–water partition coefficient (Wildman–Crippen LogP) is 2.23. The van der Waals surface area contributed by atoms with E-state index in [1.165, 1.54) is 0 Å². The van der Waals surface area contributed by atoms with E-state index in [-0.39, 0.29) is 18.5 Å². The zero-order valence-corrected chi connectivity index (χ0v) is 20.6. The predicted molar refractivity (Wildman–Crippen MR) is 132 cm³/mol. The van der Waals surface area contributed by atoms with Crippen molar-refractivity contribution in [2.45, 2.75) is 26.7 Å². The highest BCUT2D eigenvalue weighted by molar-refractivity contribution is 5.81. The number of carbonyl (C=O) groups is 3. The molecular formula is C25H38N4O5. The molecule has 0 atom stereocenters. The first-order valence-electron chi connectivity index (χ1n) is 12.0. The summed E-state index contributed by atoms with van der Waals surface area (Å²) in [5.41, 5.74) is 0.977. The number of carbonyl (C=O) groups excluding carboxylic acids is 3. The number of nitrogens with one attached hydrogen (secondary N) is 1. The maximum atomic E-state index is 12.6. The normalized spacial score (nSPS) is 14.1. The second-order valence-corrected chi connectivity index (χ2v) is 8.03. The van der Waals surface area contributed by atoms with E-state index in [0.29, 0.717) is 39.2 Å². The summed E-state index contributed by atoms with van der Waals surface area (Å²) in [4.78, 5) is 42.1. The summed E-state index contributed by atoms with van der Waals surface area (Å²) >= 11 is 0. The molecule has 1 aliphatic rings. The van der Waals surface area contributed by atoms with Crippen LogP contribution in [0.1, 0.15) is 32.3 Å². The van der Waals surface area contributed by atoms with Gasteiger partial charge in [-0.3, -0.25) is 14.5 Å². The van der Waals surface area contributed by atoms with Gasteiger partial charge in [0.1, 0.15) is 12.3 Å². The van der Waals surface area contributed by atoms with Gasteiger partial charge < -0.3 is 24.6 Å². The van der Waals surface area contributed by atoms with E-state index in [1.54, 1.807) is 18.9 Å². The fourth-order valence-electron chi connectivity index (χ4n) is 3.71. The molecule has 1 heterocycles. The van der Waals surface area contributed by atoms with Crippen molar-refractivity contribution in [3.63, 3.8) is 0 Å². The summed E-state index contributed by atoms with van der Waals surface area (Å²) < 4.78 is 10.2. The Balaban J connectivity index is 1.82. The molecule has 34 heavy (non-hydrogen) atoms. The first-order valence-corrected chi connectivity index (χ1v) is 12.0. The van der Waals surface area contributed by atoms with Crippen LogP contribution in [0.4, 0.5) is 4.79 Å². The third-order valence-corrected chi connectivity index (χ3v) is 5.61. The van der Waals surface area contributed by atoms with Crippen LogP contribution >= 0.6 is 0 Å². The molecule has 0 aliphatic carbocycles. The van der Waals surface area contributed by atoms with Crippen molar-refractivity contribution >= 4 is 24.0 Å². The number of benzene rings is 1. The van der Waals surface area contributed by atoms with Gasteiger partial charge in [0.05, 0.1) is 13.7 Å². The number of rotatable bonds is 12. The first kappa shape index (κ1) is 27.2. The fraction of sp³-hybridized carbons (Fsp3) is 0.560. The van der Waals surface area contributed by atoms with Crippen LogP contribution in [0.15, 0.2) is 30.3 Å². The van der Waals surface area contributed by atoms with Crippen molar-refractivity contribution in [1.82, 2.24) is 20.0 Å². The number of hydrogen-bond donors (Lipinski definition) is 1. The Morgan fingerprint density at radius 2 is 1.85 bits per heavy atom. The summed E-state index contributed by atoms with van der Waals surface area (Å²) in [6, 6.07) is 7.52. The van der Waals surface area contributed by atoms with E-state index in [2.05, 4.69) is 10.2 Å². The Labute approximate surface area is 202 Å². The topological polar surface area (TPSA) is 91.4 Å². The van der Waals surface area contributed by atoms with Gasteiger partial charge in [-0.2, -0.15) is 0 Å². The summed E-state index contributed by atoms with van der Waals surface area (Å²) in [7, 11) is 1.65. The molecule has 1 aliphatic heterocycles. The van der Waals surface area contributed by atoms with E-state index in [9.17, 15) is 14.4 Å². The molecule has 0 bridgehead atoms. The molecule has 0 saturated carbocycles. The van der Waals surface area contributed by atoms with Gasteiger partial charge in [-0.15, -0.1) is 0 Å². The van der Waals surface area contributed by atoms with Gasteiger partial charge in [0.2, 0.25) is 5.91 Å². The minimum absolute atomic E-state index is 0.121. The number of piperazine rings is 1. The number of methoxy groups -OCH3 is 1. The summed E-state index contributed by atoms with van der Waals surface area (Å²) in [5.74, 6) is 0.504. The maximum Gasteiger partial charge on any atom is 0.325 e. The van der Waals surface area contributed by atoms with Crippen LogP contribution in [0.2, 0.25) is 0 Å². The molecule has 3 amide bonds. The van der Waals surface area contributed by atoms with Crippen molar-refractivity contribution in [1.29, 1.82) is 0 Å². The lowest BCUT2D eigenvalue weighted by Gasteiger charge is -2.35. The Morgan fingerprint density at radius 3 is 2.53 bits per heavy atom. The highest BCUT2D eigenvalue weighted by Crippen LogP contribution is 2.18. The Kier molecular flexibility index (Phi) is 12.0. The Bertz CT molecular complexity index is 821. The van der Waals surface area contributed by atoms with Crippen LogP contribution < -0.4 is 10.1 Å². The van der Waals surface area contributed by atoms with Crippen LogP contribution in [0.25, 0.3) is 6.08 Å². The maximum absolute atomic E-state index is 12.6. The molecule has 1 saturated heterocycles. The van der Waals surface area contributed by atoms with E-state index < -0.39 is 5.97 Å². The van der Waals surface area contributed by atoms with Crippen molar-refractivity contribution in [2.24, 2.45) is 0 Å². The van der Waals surface area contributed by atoms with Crippen LogP contribution in [0.3, 0.4) is 0 Å². The molecule has 0 aromatic heterocycles. The van der Waals surface area contributed by atoms with E-state index in [1.807, 2.05) is 48.2 Å². The zero-order chi connectivity index (χ0) is 24.8. The van der Waals surface area contributed by atoms with Gasteiger partial charge in [-0.25, -0.2) is 4.79 Å². The highest BCUT2D eigenvalue weighted by atomic mass is 16.5. The number of para-hydroxylation sites is 1. The second-order valence-electron chi connectivity index (χ2n) is 8.03. The lowest BCUT2D eigenvalue weighted by atomic mass is 10.2. The van der Waals surface area contributed by atoms with Crippen LogP contribution in [0.5, 0.6) is 5.75 Å². The number of amides is 3. The minimum Gasteiger partial charge on any atom is -0.496 e. The number of nitrogens with zero attached hydrogens (tertiary/aromatic N) is 3. The highest BCUT2D eigenvalue weighted by Gasteiger charge is 2.22. The van der Waals surface area contributed by atoms with Crippen LogP contribution in [0, 0.1) is 0 Å². The largest absolute Gasteiger partial charge is 0.496 e. The first-order chi connectivity index (χ1) is 16.5. The molecule has 1 aromatic carbocycles. The van der Waals surface area contributed by atoms with Crippen molar-refractivity contribution in [2.75, 3.05) is 66.1 Å². The SMILES string of the molecule is CCCC(=O)N(C/C=C/c1ccccc1OC)CCN1CCN(C(=O)NCC(=O)OCC)CC1. The van der Waals surface area contributed by atoms with Crippen molar-refractivity contribution < 1.29 is 23.9 Å². The van der Waals surface area contributed by atoms with Gasteiger partial charge >= 0.3 is 12.0 Å². The summed E-state index contributed by atoms with van der Waals surface area (Å²) in [6.07, 6.45) is 5.32. The van der Waals surface area contributed by atoms with E-state index in [4.69, 9.17) is 9.47 Å². The number of hydrogen-bond acceptors (Lipinski definition) is 6. The molecule has 9 heteroatoms. The van der Waals surface area contributed by atoms with Gasteiger partial charge in [0.25, 0.3) is 0 Å². The average molecular weight is 475 g/mol. The van der Waals surface area contributed by atoms with Crippen molar-refractivity contribution in [3.05, 3.63) is 35.9 Å². The molecule has 0 unspecified atom stereocenters. The van der Waals surface area contributed by atoms with E-state index in [0.717, 1.165) is 37.4 Å². The van der Waals surface area contributed by atoms with Gasteiger partial charge in [0.15, 0.2) is 0 Å². The lowest BCUT2D eigenvalue weighted by Crippen LogP contribution is -2.53. The molecular weight excluding hydrogens is 436 g/mol. The third-order valence-electron chi connectivity index (χ3n) is 5.61. The van der Waals surface area contributed by atoms with Gasteiger partial charge in [-0.1, -0.05) is 37.3 Å². The van der Waals surface area contributed by atoms with Crippen molar-refractivity contribution in [3.8, 4) is 5.75 Å². The lowest BCUT2D eigenvalue weighted by molar-refractivity contribution is -0.141. The molecule has 2 rings (SSSR count). The molecule has 9 nitrogen and oxygen atoms in total. The Hall–Kier alpha value is -3.07. The van der Waals surface area contributed by atoms with Gasteiger partial charge in [0, 0.05) is 57.8 Å². The van der Waals surface area contributed by atoms with Crippen LogP contribution in [-0.4, -0.2) is 98.7 Å². The van der Waals surface area contributed by atoms with E-state index >= 15 is 0 Å². The molecule has 0 radical (unpaired) electrons. The smallest absolute Gasteiger partial charge is 0.325 e. The van der Waals surface area contributed by atoms with Crippen LogP contribution in [-0.2, 0) is 14.3 Å². The molecule has 1 fully saturated rings. The number of esters is 1. The monoisotopic (exact) mass is 474 g/mol. The molecule has 0 spiro atoms. The fourth-order valence-corrected chi connectivity index (χ4v) is 3.71. The Morgan fingerprint density at radius 1 is 1.12 bits per heavy atom. The zero-order valence-electron chi connectivity index (χ0n) is 20.6. The number of ether oxygens (including phenoxy) is 2. The minimum atomic E-state index is -0.439. The summed E-state index contributed by atoms with van der Waals surface area (Å²) in [6.45, 7) is 8.41. The molecule has 1 aromatic rings. The molecule has 188 valence electrons. The summed E-state index contributed by atoms with van der Waals surface area (Å²) in [5, 5.41) is 2.60. The molecule has 1 N–H and O–H groups in total. The number of urea groups is 1. The standard InChI is InChI=1S/C25H38N4O5/c1-4-9-23(30)28(13-8-11-21-10-6-7-12-22(21)33-3)17-14-27-15-18-29(19-16-27)25(32)26-20-24(31)34-5-2/h6-8,10-12H,4-5,9,13-20H2,1-3H3,(H,26,32)/b11-8+. The third kappa shape index (κ3) is 9.05.